The Morgan fingerprint density at radius 2 is 1.74 bits per heavy atom. The Labute approximate surface area is 229 Å². The molecule has 1 aromatic carbocycles. The normalized spacial score (nSPS) is 17.8. The smallest absolute Gasteiger partial charge is 0.159 e. The van der Waals surface area contributed by atoms with E-state index in [0.29, 0.717) is 11.1 Å². The number of nitrogens with one attached hydrogen (secondary N) is 2. The minimum atomic E-state index is 0.391. The molecular weight excluding hydrogens is 496 g/mol. The Morgan fingerprint density at radius 3 is 2.47 bits per heavy atom. The van der Waals surface area contributed by atoms with E-state index in [1.54, 1.807) is 6.20 Å². The monoisotopic (exact) mass is 530 g/mol. The van der Waals surface area contributed by atoms with Crippen molar-refractivity contribution in [3.8, 4) is 11.4 Å². The van der Waals surface area contributed by atoms with Crippen LogP contribution in [0, 0.1) is 6.92 Å². The molecule has 0 aliphatic carbocycles. The third-order valence-electron chi connectivity index (χ3n) is 7.74. The molecule has 0 amide bonds. The number of fused-ring (bicyclic) bond motifs is 1. The topological polar surface area (TPSA) is 76.2 Å². The molecule has 0 atom stereocenters. The van der Waals surface area contributed by atoms with E-state index in [0.717, 1.165) is 98.3 Å². The van der Waals surface area contributed by atoms with Crippen LogP contribution in [0.2, 0.25) is 5.02 Å². The fourth-order valence-electron chi connectivity index (χ4n) is 5.47. The number of aromatic nitrogens is 4. The molecule has 9 heteroatoms. The summed E-state index contributed by atoms with van der Waals surface area (Å²) in [6.07, 6.45) is 3.89. The van der Waals surface area contributed by atoms with E-state index < -0.39 is 0 Å². The van der Waals surface area contributed by atoms with Crippen molar-refractivity contribution in [3.05, 3.63) is 65.1 Å². The summed E-state index contributed by atoms with van der Waals surface area (Å²) in [5.74, 6) is 0.809. The lowest BCUT2D eigenvalue weighted by molar-refractivity contribution is 0.247. The molecule has 0 spiro atoms. The average Bonchev–Trinajstić information content (AvgIpc) is 3.37. The van der Waals surface area contributed by atoms with Gasteiger partial charge in [-0.25, -0.2) is 9.97 Å². The van der Waals surface area contributed by atoms with Crippen LogP contribution in [0.15, 0.2) is 48.7 Å². The first kappa shape index (κ1) is 25.1. The molecule has 6 rings (SSSR count). The van der Waals surface area contributed by atoms with Gasteiger partial charge < -0.3 is 20.1 Å². The zero-order valence-electron chi connectivity index (χ0n) is 22.1. The highest BCUT2D eigenvalue weighted by atomic mass is 35.5. The number of benzene rings is 1. The van der Waals surface area contributed by atoms with Gasteiger partial charge in [0, 0.05) is 55.7 Å². The summed E-state index contributed by atoms with van der Waals surface area (Å²) in [5.41, 5.74) is 6.94. The molecule has 38 heavy (non-hydrogen) atoms. The number of rotatable bonds is 6. The number of halogens is 1. The summed E-state index contributed by atoms with van der Waals surface area (Å²) in [6, 6.07) is 15.3. The van der Waals surface area contributed by atoms with Gasteiger partial charge in [0.2, 0.25) is 0 Å². The fourth-order valence-corrected chi connectivity index (χ4v) is 5.67. The van der Waals surface area contributed by atoms with Crippen LogP contribution in [0.3, 0.4) is 0 Å². The molecule has 8 nitrogen and oxygen atoms in total. The van der Waals surface area contributed by atoms with Gasteiger partial charge in [-0.1, -0.05) is 17.7 Å². The van der Waals surface area contributed by atoms with Crippen molar-refractivity contribution >= 4 is 34.1 Å². The number of hydrogen-bond acceptors (Lipinski definition) is 7. The quantitative estimate of drug-likeness (QED) is 0.370. The van der Waals surface area contributed by atoms with Gasteiger partial charge in [-0.05, 0) is 76.3 Å². The Balaban J connectivity index is 1.12. The van der Waals surface area contributed by atoms with Crippen LogP contribution in [0.5, 0.6) is 0 Å². The maximum Gasteiger partial charge on any atom is 0.159 e. The van der Waals surface area contributed by atoms with Crippen molar-refractivity contribution in [1.82, 2.24) is 29.7 Å². The number of piperazine rings is 1. The van der Waals surface area contributed by atoms with Crippen molar-refractivity contribution in [1.29, 1.82) is 0 Å². The SMILES string of the molecule is Cc1cccc(CN2CCN(c3ccc(-c4nc5c(NC6CCN(C)CC6)c(Cl)cnc5[nH]4)cc3)CC2)n1. The molecule has 0 bridgehead atoms. The van der Waals surface area contributed by atoms with E-state index in [4.69, 9.17) is 16.6 Å². The summed E-state index contributed by atoms with van der Waals surface area (Å²) in [6.45, 7) is 9.19. The van der Waals surface area contributed by atoms with Gasteiger partial charge in [0.1, 0.15) is 11.3 Å². The number of nitrogens with zero attached hydrogens (tertiary/aromatic N) is 6. The van der Waals surface area contributed by atoms with Crippen molar-refractivity contribution in [2.45, 2.75) is 32.4 Å². The number of imidazole rings is 1. The highest BCUT2D eigenvalue weighted by Crippen LogP contribution is 2.32. The molecule has 0 saturated carbocycles. The largest absolute Gasteiger partial charge is 0.379 e. The summed E-state index contributed by atoms with van der Waals surface area (Å²) in [7, 11) is 2.17. The lowest BCUT2D eigenvalue weighted by Gasteiger charge is -2.36. The fraction of sp³-hybridized carbons (Fsp3) is 0.414. The lowest BCUT2D eigenvalue weighted by Crippen LogP contribution is -2.46. The molecule has 0 unspecified atom stereocenters. The highest BCUT2D eigenvalue weighted by Gasteiger charge is 2.21. The summed E-state index contributed by atoms with van der Waals surface area (Å²) in [5, 5.41) is 4.27. The average molecular weight is 531 g/mol. The van der Waals surface area contributed by atoms with Crippen molar-refractivity contribution in [2.75, 3.05) is 56.5 Å². The van der Waals surface area contributed by atoms with E-state index in [1.807, 2.05) is 13.0 Å². The molecule has 2 aliphatic heterocycles. The number of pyridine rings is 2. The first-order valence-electron chi connectivity index (χ1n) is 13.5. The van der Waals surface area contributed by atoms with Gasteiger partial charge in [0.25, 0.3) is 0 Å². The van der Waals surface area contributed by atoms with E-state index in [9.17, 15) is 0 Å². The molecule has 0 radical (unpaired) electrons. The van der Waals surface area contributed by atoms with Crippen LogP contribution in [-0.4, -0.2) is 82.1 Å². The molecule has 4 aromatic rings. The van der Waals surface area contributed by atoms with Gasteiger partial charge in [-0.3, -0.25) is 9.88 Å². The number of likely N-dealkylation sites (tertiary alicyclic amines) is 1. The number of aryl methyl sites for hydroxylation is 1. The first-order valence-corrected chi connectivity index (χ1v) is 13.9. The minimum absolute atomic E-state index is 0.391. The van der Waals surface area contributed by atoms with E-state index >= 15 is 0 Å². The predicted molar refractivity (Wildman–Crippen MR) is 155 cm³/mol. The van der Waals surface area contributed by atoms with Crippen LogP contribution in [0.25, 0.3) is 22.6 Å². The predicted octanol–water partition coefficient (Wildman–Crippen LogP) is 4.81. The molecule has 3 aromatic heterocycles. The second-order valence-electron chi connectivity index (χ2n) is 10.6. The van der Waals surface area contributed by atoms with E-state index in [1.165, 1.54) is 5.69 Å². The number of aromatic amines is 1. The zero-order chi connectivity index (χ0) is 26.1. The lowest BCUT2D eigenvalue weighted by atomic mass is 10.1. The first-order chi connectivity index (χ1) is 18.5. The van der Waals surface area contributed by atoms with Gasteiger partial charge in [0.05, 0.1) is 22.6 Å². The maximum absolute atomic E-state index is 6.57. The summed E-state index contributed by atoms with van der Waals surface area (Å²) in [4.78, 5) is 24.8. The van der Waals surface area contributed by atoms with E-state index in [2.05, 4.69) is 78.4 Å². The molecular formula is C29H35ClN8. The summed E-state index contributed by atoms with van der Waals surface area (Å²) < 4.78 is 0. The highest BCUT2D eigenvalue weighted by molar-refractivity contribution is 6.34. The van der Waals surface area contributed by atoms with Gasteiger partial charge >= 0.3 is 0 Å². The van der Waals surface area contributed by atoms with Gasteiger partial charge in [-0.15, -0.1) is 0 Å². The second kappa shape index (κ2) is 10.9. The molecule has 5 heterocycles. The van der Waals surface area contributed by atoms with Crippen LogP contribution >= 0.6 is 11.6 Å². The van der Waals surface area contributed by atoms with Crippen molar-refractivity contribution < 1.29 is 0 Å². The Morgan fingerprint density at radius 1 is 0.974 bits per heavy atom. The molecule has 2 saturated heterocycles. The third-order valence-corrected chi connectivity index (χ3v) is 8.03. The number of H-pyrrole nitrogens is 1. The number of anilines is 2. The molecule has 2 aliphatic rings. The summed E-state index contributed by atoms with van der Waals surface area (Å²) >= 11 is 6.57. The standard InChI is InChI=1S/C29H35ClN8/c1-20-4-3-5-23(32-20)19-37-14-16-38(17-15-37)24-8-6-21(7-9-24)28-34-27-26(25(30)18-31-29(27)35-28)33-22-10-12-36(2)13-11-22/h3-9,18,22H,10-17,19H2,1-2H3,(H2,31,33,34,35). The van der Waals surface area contributed by atoms with Crippen LogP contribution in [0.1, 0.15) is 24.2 Å². The Hall–Kier alpha value is -3.20. The van der Waals surface area contributed by atoms with Crippen LogP contribution in [0.4, 0.5) is 11.4 Å². The number of hydrogen-bond donors (Lipinski definition) is 2. The molecule has 2 N–H and O–H groups in total. The third kappa shape index (κ3) is 5.48. The maximum atomic E-state index is 6.57. The van der Waals surface area contributed by atoms with Crippen molar-refractivity contribution in [2.24, 2.45) is 0 Å². The van der Waals surface area contributed by atoms with Crippen LogP contribution < -0.4 is 10.2 Å². The molecule has 198 valence electrons. The van der Waals surface area contributed by atoms with Crippen LogP contribution in [-0.2, 0) is 6.54 Å². The number of piperidine rings is 1. The van der Waals surface area contributed by atoms with E-state index in [-0.39, 0.29) is 0 Å². The second-order valence-corrected chi connectivity index (χ2v) is 11.0. The zero-order valence-corrected chi connectivity index (χ0v) is 22.9. The van der Waals surface area contributed by atoms with Gasteiger partial charge in [0.15, 0.2) is 5.65 Å². The minimum Gasteiger partial charge on any atom is -0.379 e. The molecule has 2 fully saturated rings. The Kier molecular flexibility index (Phi) is 7.19. The van der Waals surface area contributed by atoms with Crippen molar-refractivity contribution in [3.63, 3.8) is 0 Å². The van der Waals surface area contributed by atoms with Gasteiger partial charge in [-0.2, -0.15) is 0 Å². The Bertz CT molecular complexity index is 1390.